The monoisotopic (exact) mass is 547 g/mol. The van der Waals surface area contributed by atoms with Gasteiger partial charge in [-0.25, -0.2) is 4.98 Å². The van der Waals surface area contributed by atoms with E-state index < -0.39 is 0 Å². The smallest absolute Gasteiger partial charge is 0.226 e. The average molecular weight is 547 g/mol. The number of aryl methyl sites for hydroxylation is 1. The molecule has 3 aromatic rings. The van der Waals surface area contributed by atoms with E-state index in [1.165, 1.54) is 16.7 Å². The van der Waals surface area contributed by atoms with Gasteiger partial charge in [0.2, 0.25) is 5.89 Å². The highest BCUT2D eigenvalue weighted by molar-refractivity contribution is 14.0. The topological polar surface area (TPSA) is 65.7 Å². The molecule has 0 spiro atoms. The summed E-state index contributed by atoms with van der Waals surface area (Å²) in [6.45, 7) is 10.8. The number of nitrogens with zero attached hydrogens (tertiary/aromatic N) is 3. The van der Waals surface area contributed by atoms with E-state index in [0.29, 0.717) is 19.0 Å². The normalized spacial score (nSPS) is 11.3. The summed E-state index contributed by atoms with van der Waals surface area (Å²) in [5.74, 6) is 1.36. The predicted molar refractivity (Wildman–Crippen MR) is 142 cm³/mol. The van der Waals surface area contributed by atoms with E-state index in [0.717, 1.165) is 36.9 Å². The van der Waals surface area contributed by atoms with Crippen LogP contribution in [0.3, 0.4) is 0 Å². The van der Waals surface area contributed by atoms with Crippen LogP contribution in [0.5, 0.6) is 0 Å². The Kier molecular flexibility index (Phi) is 10.7. The van der Waals surface area contributed by atoms with Gasteiger partial charge in [-0.3, -0.25) is 9.89 Å². The van der Waals surface area contributed by atoms with E-state index in [2.05, 4.69) is 82.7 Å². The summed E-state index contributed by atoms with van der Waals surface area (Å²) in [6, 6.07) is 16.7. The lowest BCUT2D eigenvalue weighted by Crippen LogP contribution is -2.36. The van der Waals surface area contributed by atoms with Gasteiger partial charge in [0, 0.05) is 25.7 Å². The molecule has 0 aliphatic carbocycles. The molecule has 6 nitrogen and oxygen atoms in total. The lowest BCUT2D eigenvalue weighted by molar-refractivity contribution is 0.295. The summed E-state index contributed by atoms with van der Waals surface area (Å²) < 4.78 is 5.64. The van der Waals surface area contributed by atoms with Crippen molar-refractivity contribution >= 4 is 29.9 Å². The maximum atomic E-state index is 5.64. The second-order valence-corrected chi connectivity index (χ2v) is 7.52. The van der Waals surface area contributed by atoms with E-state index in [1.54, 1.807) is 13.3 Å². The van der Waals surface area contributed by atoms with E-state index in [1.807, 2.05) is 12.1 Å². The number of guanidine groups is 1. The van der Waals surface area contributed by atoms with Crippen molar-refractivity contribution in [3.63, 3.8) is 0 Å². The number of halogens is 1. The molecule has 0 aliphatic heterocycles. The zero-order chi connectivity index (χ0) is 22.1. The van der Waals surface area contributed by atoms with Gasteiger partial charge in [-0.15, -0.1) is 24.0 Å². The van der Waals surface area contributed by atoms with E-state index in [4.69, 9.17) is 4.42 Å². The third-order valence-electron chi connectivity index (χ3n) is 5.36. The largest absolute Gasteiger partial charge is 0.444 e. The van der Waals surface area contributed by atoms with E-state index >= 15 is 0 Å². The van der Waals surface area contributed by atoms with Crippen molar-refractivity contribution < 1.29 is 4.42 Å². The first-order valence-electron chi connectivity index (χ1n) is 10.9. The Morgan fingerprint density at radius 1 is 0.969 bits per heavy atom. The van der Waals surface area contributed by atoms with Crippen molar-refractivity contribution in [3.8, 4) is 11.5 Å². The molecule has 0 radical (unpaired) electrons. The number of nitrogens with one attached hydrogen (secondary N) is 2. The Morgan fingerprint density at radius 2 is 1.62 bits per heavy atom. The van der Waals surface area contributed by atoms with Gasteiger partial charge >= 0.3 is 0 Å². The number of benzene rings is 2. The van der Waals surface area contributed by atoms with Gasteiger partial charge in [0.05, 0.1) is 12.2 Å². The molecule has 3 rings (SSSR count). The molecule has 0 fully saturated rings. The maximum absolute atomic E-state index is 5.64. The van der Waals surface area contributed by atoms with Crippen LogP contribution in [0.1, 0.15) is 36.2 Å². The Bertz CT molecular complexity index is 980. The molecule has 1 heterocycles. The first-order valence-corrected chi connectivity index (χ1v) is 10.9. The molecule has 2 N–H and O–H groups in total. The number of hydrogen-bond acceptors (Lipinski definition) is 4. The van der Waals surface area contributed by atoms with Crippen LogP contribution in [0.15, 0.2) is 64.2 Å². The van der Waals surface area contributed by atoms with Crippen LogP contribution < -0.4 is 10.6 Å². The molecule has 32 heavy (non-hydrogen) atoms. The molecule has 172 valence electrons. The number of aliphatic imine (C=N–C) groups is 1. The van der Waals surface area contributed by atoms with Gasteiger partial charge in [0.25, 0.3) is 0 Å². The first-order chi connectivity index (χ1) is 15.1. The minimum Gasteiger partial charge on any atom is -0.444 e. The van der Waals surface area contributed by atoms with Crippen LogP contribution >= 0.6 is 24.0 Å². The maximum Gasteiger partial charge on any atom is 0.226 e. The highest BCUT2D eigenvalue weighted by Crippen LogP contribution is 2.19. The lowest BCUT2D eigenvalue weighted by atomic mass is 10.1. The quantitative estimate of drug-likeness (QED) is 0.225. The summed E-state index contributed by atoms with van der Waals surface area (Å²) >= 11 is 0. The second kappa shape index (κ2) is 13.2. The summed E-state index contributed by atoms with van der Waals surface area (Å²) in [5.41, 5.74) is 5.64. The number of aromatic nitrogens is 1. The molecule has 0 saturated heterocycles. The van der Waals surface area contributed by atoms with Crippen molar-refractivity contribution in [2.75, 3.05) is 20.1 Å². The Morgan fingerprint density at radius 3 is 2.28 bits per heavy atom. The van der Waals surface area contributed by atoms with Crippen LogP contribution in [0.2, 0.25) is 0 Å². The fourth-order valence-electron chi connectivity index (χ4n) is 3.36. The Hall–Kier alpha value is -2.39. The van der Waals surface area contributed by atoms with Crippen LogP contribution in [0.4, 0.5) is 0 Å². The summed E-state index contributed by atoms with van der Waals surface area (Å²) in [5, 5.41) is 6.73. The molecular formula is C25H34IN5O. The minimum atomic E-state index is 0. The Balaban J connectivity index is 0.00000363. The third kappa shape index (κ3) is 7.34. The third-order valence-corrected chi connectivity index (χ3v) is 5.36. The van der Waals surface area contributed by atoms with Gasteiger partial charge < -0.3 is 15.1 Å². The predicted octanol–water partition coefficient (Wildman–Crippen LogP) is 4.98. The minimum absolute atomic E-state index is 0. The van der Waals surface area contributed by atoms with Crippen molar-refractivity contribution in [2.45, 2.75) is 40.4 Å². The van der Waals surface area contributed by atoms with Crippen LogP contribution in [0, 0.1) is 6.92 Å². The molecule has 0 amide bonds. The van der Waals surface area contributed by atoms with Crippen molar-refractivity contribution in [3.05, 3.63) is 77.2 Å². The molecule has 0 unspecified atom stereocenters. The summed E-state index contributed by atoms with van der Waals surface area (Å²) in [4.78, 5) is 11.3. The summed E-state index contributed by atoms with van der Waals surface area (Å²) in [7, 11) is 1.78. The first kappa shape index (κ1) is 25.9. The fraction of sp³-hybridized carbons (Fsp3) is 0.360. The Labute approximate surface area is 208 Å². The molecule has 1 aromatic heterocycles. The van der Waals surface area contributed by atoms with Gasteiger partial charge in [-0.1, -0.05) is 55.8 Å². The SMILES string of the molecule is CCN(CC)Cc1ccccc1CNC(=NC)NCc1coc(-c2ccc(C)cc2)n1.I. The zero-order valence-corrected chi connectivity index (χ0v) is 21.7. The zero-order valence-electron chi connectivity index (χ0n) is 19.4. The van der Waals surface area contributed by atoms with E-state index in [9.17, 15) is 0 Å². The van der Waals surface area contributed by atoms with Crippen LogP contribution in [-0.2, 0) is 19.6 Å². The second-order valence-electron chi connectivity index (χ2n) is 7.52. The molecule has 7 heteroatoms. The van der Waals surface area contributed by atoms with Crippen LogP contribution in [-0.4, -0.2) is 36.0 Å². The average Bonchev–Trinajstić information content (AvgIpc) is 3.27. The van der Waals surface area contributed by atoms with Crippen LogP contribution in [0.25, 0.3) is 11.5 Å². The molecule has 2 aromatic carbocycles. The van der Waals surface area contributed by atoms with Gasteiger partial charge in [-0.05, 0) is 43.3 Å². The number of oxazole rings is 1. The fourth-order valence-corrected chi connectivity index (χ4v) is 3.36. The standard InChI is InChI=1S/C25H33N5O.HI/c1-5-30(6-2)17-22-10-8-7-9-21(22)15-27-25(26-4)28-16-23-18-31-24(29-23)20-13-11-19(3)12-14-20;/h7-14,18H,5-6,15-17H2,1-4H3,(H2,26,27,28);1H. The molecule has 0 aliphatic rings. The summed E-state index contributed by atoms with van der Waals surface area (Å²) in [6.07, 6.45) is 1.69. The molecular weight excluding hydrogens is 513 g/mol. The lowest BCUT2D eigenvalue weighted by Gasteiger charge is -2.20. The van der Waals surface area contributed by atoms with Crippen molar-refractivity contribution in [1.82, 2.24) is 20.5 Å². The molecule has 0 bridgehead atoms. The van der Waals surface area contributed by atoms with Crippen molar-refractivity contribution in [2.24, 2.45) is 4.99 Å². The van der Waals surface area contributed by atoms with Crippen molar-refractivity contribution in [1.29, 1.82) is 0 Å². The van der Waals surface area contributed by atoms with E-state index in [-0.39, 0.29) is 24.0 Å². The highest BCUT2D eigenvalue weighted by Gasteiger charge is 2.09. The van der Waals surface area contributed by atoms with Gasteiger partial charge in [-0.2, -0.15) is 0 Å². The highest BCUT2D eigenvalue weighted by atomic mass is 127. The molecule has 0 saturated carbocycles. The number of rotatable bonds is 9. The molecule has 0 atom stereocenters. The van der Waals surface area contributed by atoms with Gasteiger partial charge in [0.1, 0.15) is 6.26 Å². The number of hydrogen-bond donors (Lipinski definition) is 2. The van der Waals surface area contributed by atoms with Gasteiger partial charge in [0.15, 0.2) is 5.96 Å².